The molecule has 5 rings (SSSR count). The number of anilines is 1. The van der Waals surface area contributed by atoms with Gasteiger partial charge in [-0.25, -0.2) is 4.98 Å². The van der Waals surface area contributed by atoms with Crippen LogP contribution in [-0.2, 0) is 6.54 Å². The van der Waals surface area contributed by atoms with E-state index in [2.05, 4.69) is 27.3 Å². The monoisotopic (exact) mass is 563 g/mol. The average Bonchev–Trinajstić information content (AvgIpc) is 3.31. The van der Waals surface area contributed by atoms with Crippen molar-refractivity contribution in [2.45, 2.75) is 43.9 Å². The Morgan fingerprint density at radius 2 is 1.61 bits per heavy atom. The second kappa shape index (κ2) is 12.8. The van der Waals surface area contributed by atoms with Gasteiger partial charge in [0.15, 0.2) is 0 Å². The first kappa shape index (κ1) is 28.7. The summed E-state index contributed by atoms with van der Waals surface area (Å²) in [6.45, 7) is 2.11. The summed E-state index contributed by atoms with van der Waals surface area (Å²) < 4.78 is 41.2. The zero-order valence-corrected chi connectivity index (χ0v) is 23.2. The number of carbonyl (C=O) groups excluding carboxylic acids is 1. The number of nitrogens with zero attached hydrogens (tertiary/aromatic N) is 4. The van der Waals surface area contributed by atoms with Gasteiger partial charge in [0.2, 0.25) is 5.95 Å². The highest BCUT2D eigenvalue weighted by molar-refractivity contribution is 5.94. The highest BCUT2D eigenvalue weighted by Gasteiger charge is 2.31. The predicted octanol–water partition coefficient (Wildman–Crippen LogP) is 6.42. The molecule has 1 N–H and O–H groups in total. The third kappa shape index (κ3) is 7.47. The molecule has 0 saturated carbocycles. The number of carbonyl (C=O) groups is 1. The van der Waals surface area contributed by atoms with Crippen LogP contribution in [0.2, 0.25) is 0 Å². The number of hydrogen-bond donors (Lipinski definition) is 1. The maximum absolute atomic E-state index is 13.3. The second-order valence-corrected chi connectivity index (χ2v) is 10.8. The molecule has 9 heteroatoms. The number of amides is 1. The summed E-state index contributed by atoms with van der Waals surface area (Å²) in [6, 6.07) is 26.6. The third-order valence-corrected chi connectivity index (χ3v) is 7.84. The van der Waals surface area contributed by atoms with Gasteiger partial charge in [0.05, 0.1) is 11.0 Å². The zero-order chi connectivity index (χ0) is 28.8. The van der Waals surface area contributed by atoms with Gasteiger partial charge in [-0.1, -0.05) is 60.7 Å². The number of halogens is 3. The van der Waals surface area contributed by atoms with E-state index in [0.717, 1.165) is 38.9 Å². The van der Waals surface area contributed by atoms with Crippen LogP contribution in [0.3, 0.4) is 0 Å². The molecule has 1 atom stereocenters. The summed E-state index contributed by atoms with van der Waals surface area (Å²) in [4.78, 5) is 21.7. The van der Waals surface area contributed by atoms with Crippen LogP contribution >= 0.6 is 0 Å². The van der Waals surface area contributed by atoms with E-state index < -0.39 is 12.7 Å². The van der Waals surface area contributed by atoms with Crippen molar-refractivity contribution in [3.05, 3.63) is 96.1 Å². The Balaban J connectivity index is 1.18. The van der Waals surface area contributed by atoms with E-state index in [4.69, 9.17) is 0 Å². The minimum Gasteiger partial charge on any atom is -0.353 e. The summed E-state index contributed by atoms with van der Waals surface area (Å²) in [7, 11) is 1.86. The number of nitrogens with one attached hydrogen (secondary N) is 1. The fourth-order valence-electron chi connectivity index (χ4n) is 5.65. The lowest BCUT2D eigenvalue weighted by Crippen LogP contribution is -2.41. The third-order valence-electron chi connectivity index (χ3n) is 7.84. The molecule has 6 nitrogen and oxygen atoms in total. The van der Waals surface area contributed by atoms with E-state index >= 15 is 0 Å². The molecule has 3 aromatic carbocycles. The minimum atomic E-state index is -4.33. The molecule has 1 unspecified atom stereocenters. The summed E-state index contributed by atoms with van der Waals surface area (Å²) in [5.41, 5.74) is 2.92. The lowest BCUT2D eigenvalue weighted by molar-refractivity contribution is -0.139. The van der Waals surface area contributed by atoms with Crippen molar-refractivity contribution in [2.75, 3.05) is 38.5 Å². The highest BCUT2D eigenvalue weighted by Crippen LogP contribution is 2.28. The van der Waals surface area contributed by atoms with Crippen LogP contribution < -0.4 is 5.32 Å². The molecule has 1 aromatic heterocycles. The molecule has 41 heavy (non-hydrogen) atoms. The number of aromatic nitrogens is 2. The van der Waals surface area contributed by atoms with E-state index in [1.165, 1.54) is 10.1 Å². The Bertz CT molecular complexity index is 1420. The van der Waals surface area contributed by atoms with E-state index in [-0.39, 0.29) is 23.8 Å². The van der Waals surface area contributed by atoms with Gasteiger partial charge in [-0.05, 0) is 55.6 Å². The van der Waals surface area contributed by atoms with Crippen molar-refractivity contribution >= 4 is 22.9 Å². The number of alkyl halides is 3. The Kier molecular flexibility index (Phi) is 8.93. The first-order valence-corrected chi connectivity index (χ1v) is 14.1. The van der Waals surface area contributed by atoms with Crippen molar-refractivity contribution in [1.29, 1.82) is 0 Å². The minimum absolute atomic E-state index is 0.00923. The maximum Gasteiger partial charge on any atom is 0.406 e. The molecule has 0 spiro atoms. The van der Waals surface area contributed by atoms with Crippen molar-refractivity contribution < 1.29 is 18.0 Å². The molecule has 2 heterocycles. The topological polar surface area (TPSA) is 53.4 Å². The number of piperidine rings is 1. The van der Waals surface area contributed by atoms with Gasteiger partial charge in [-0.15, -0.1) is 0 Å². The number of likely N-dealkylation sites (N-methyl/N-ethyl adjacent to an activating group) is 1. The van der Waals surface area contributed by atoms with Gasteiger partial charge in [0.1, 0.15) is 6.54 Å². The van der Waals surface area contributed by atoms with E-state index in [0.29, 0.717) is 23.1 Å². The van der Waals surface area contributed by atoms with Crippen molar-refractivity contribution in [3.63, 3.8) is 0 Å². The van der Waals surface area contributed by atoms with Crippen LogP contribution in [0.5, 0.6) is 0 Å². The normalized spacial score (nSPS) is 15.6. The number of benzene rings is 3. The van der Waals surface area contributed by atoms with Crippen molar-refractivity contribution in [2.24, 2.45) is 0 Å². The van der Waals surface area contributed by atoms with Crippen LogP contribution in [0.25, 0.3) is 11.0 Å². The Labute approximate surface area is 238 Å². The van der Waals surface area contributed by atoms with Crippen LogP contribution in [0, 0.1) is 0 Å². The van der Waals surface area contributed by atoms with Gasteiger partial charge in [0, 0.05) is 44.2 Å². The summed E-state index contributed by atoms with van der Waals surface area (Å²) >= 11 is 0. The largest absolute Gasteiger partial charge is 0.406 e. The SMILES string of the molecule is CN(CC(CCN1CCC(Nc2nc3ccccc3n2CC(F)(F)F)CC1)c1ccccc1)C(=O)c1ccccc1. The Morgan fingerprint density at radius 1 is 0.976 bits per heavy atom. The zero-order valence-electron chi connectivity index (χ0n) is 23.2. The van der Waals surface area contributed by atoms with Gasteiger partial charge in [-0.3, -0.25) is 4.79 Å². The highest BCUT2D eigenvalue weighted by atomic mass is 19.4. The average molecular weight is 564 g/mol. The molecule has 1 aliphatic rings. The molecule has 1 aliphatic heterocycles. The Hall–Kier alpha value is -3.85. The van der Waals surface area contributed by atoms with Crippen LogP contribution in [0.15, 0.2) is 84.9 Å². The Morgan fingerprint density at radius 3 is 2.29 bits per heavy atom. The fraction of sp³-hybridized carbons (Fsp3) is 0.375. The summed E-state index contributed by atoms with van der Waals surface area (Å²) in [6.07, 6.45) is -1.80. The molecule has 0 aliphatic carbocycles. The lowest BCUT2D eigenvalue weighted by atomic mass is 9.94. The number of fused-ring (bicyclic) bond motifs is 1. The predicted molar refractivity (Wildman–Crippen MR) is 156 cm³/mol. The van der Waals surface area contributed by atoms with Crippen molar-refractivity contribution in [1.82, 2.24) is 19.4 Å². The molecule has 4 aromatic rings. The fourth-order valence-corrected chi connectivity index (χ4v) is 5.65. The molecule has 1 fully saturated rings. The number of likely N-dealkylation sites (tertiary alicyclic amines) is 1. The number of rotatable bonds is 10. The van der Waals surface area contributed by atoms with Gasteiger partial charge in [-0.2, -0.15) is 13.2 Å². The first-order valence-electron chi connectivity index (χ1n) is 14.1. The summed E-state index contributed by atoms with van der Waals surface area (Å²) in [5.74, 6) is 0.471. The van der Waals surface area contributed by atoms with Crippen molar-refractivity contribution in [3.8, 4) is 0 Å². The molecular formula is C32H36F3N5O. The van der Waals surface area contributed by atoms with Crippen LogP contribution in [-0.4, -0.2) is 70.7 Å². The summed E-state index contributed by atoms with van der Waals surface area (Å²) in [5, 5.41) is 3.31. The molecule has 216 valence electrons. The second-order valence-electron chi connectivity index (χ2n) is 10.8. The number of imidazole rings is 1. The van der Waals surface area contributed by atoms with Gasteiger partial charge in [0.25, 0.3) is 5.91 Å². The van der Waals surface area contributed by atoms with Gasteiger partial charge < -0.3 is 19.7 Å². The molecule has 0 radical (unpaired) electrons. The van der Waals surface area contributed by atoms with E-state index in [1.807, 2.05) is 55.6 Å². The van der Waals surface area contributed by atoms with Crippen LogP contribution in [0.1, 0.15) is 41.1 Å². The molecular weight excluding hydrogens is 527 g/mol. The maximum atomic E-state index is 13.3. The quantitative estimate of drug-likeness (QED) is 0.242. The standard InChI is InChI=1S/C32H36F3N5O/c1-38(30(41)25-12-6-3-7-13-25)22-26(24-10-4-2-5-11-24)16-19-39-20-17-27(18-21-39)36-31-37-28-14-8-9-15-29(28)40(31)23-32(33,34)35/h2-15,26-27H,16-23H2,1H3,(H,36,37). The molecule has 0 bridgehead atoms. The number of hydrogen-bond acceptors (Lipinski definition) is 4. The van der Waals surface area contributed by atoms with E-state index in [1.54, 1.807) is 29.2 Å². The van der Waals surface area contributed by atoms with Gasteiger partial charge >= 0.3 is 6.18 Å². The number of para-hydroxylation sites is 2. The van der Waals surface area contributed by atoms with E-state index in [9.17, 15) is 18.0 Å². The first-order chi connectivity index (χ1) is 19.8. The lowest BCUT2D eigenvalue weighted by Gasteiger charge is -2.34. The molecule has 1 amide bonds. The van der Waals surface area contributed by atoms with Crippen LogP contribution in [0.4, 0.5) is 19.1 Å². The smallest absolute Gasteiger partial charge is 0.353 e. The molecule has 1 saturated heterocycles.